The van der Waals surface area contributed by atoms with E-state index in [0.717, 1.165) is 0 Å². The molecular weight excluding hydrogens is 380 g/mol. The predicted octanol–water partition coefficient (Wildman–Crippen LogP) is 1.94. The molecule has 0 aliphatic carbocycles. The van der Waals surface area contributed by atoms with Gasteiger partial charge in [-0.15, -0.1) is 0 Å². The third kappa shape index (κ3) is 4.56. The Labute approximate surface area is 163 Å². The number of rotatable bonds is 5. The monoisotopic (exact) mass is 398 g/mol. The van der Waals surface area contributed by atoms with Crippen molar-refractivity contribution in [2.75, 3.05) is 23.0 Å². The van der Waals surface area contributed by atoms with Gasteiger partial charge >= 0.3 is 5.97 Å². The van der Waals surface area contributed by atoms with Gasteiger partial charge in [0.05, 0.1) is 34.7 Å². The summed E-state index contributed by atoms with van der Waals surface area (Å²) in [6, 6.07) is 16.1. The van der Waals surface area contributed by atoms with Crippen molar-refractivity contribution in [3.8, 4) is 6.07 Å². The fraction of sp³-hybridized carbons (Fsp3) is 0.250. The third-order valence-corrected chi connectivity index (χ3v) is 6.18. The first-order valence-electron chi connectivity index (χ1n) is 8.64. The molecule has 0 saturated carbocycles. The molecule has 1 aliphatic heterocycles. The molecule has 2 aromatic rings. The van der Waals surface area contributed by atoms with E-state index < -0.39 is 34.4 Å². The molecule has 28 heavy (non-hydrogen) atoms. The number of sulfone groups is 1. The first-order valence-corrected chi connectivity index (χ1v) is 10.5. The highest BCUT2D eigenvalue weighted by Crippen LogP contribution is 2.24. The summed E-state index contributed by atoms with van der Waals surface area (Å²) in [6.07, 6.45) is 0.334. The molecule has 1 heterocycles. The van der Waals surface area contributed by atoms with Crippen molar-refractivity contribution in [3.05, 3.63) is 65.7 Å². The molecular formula is C20H18N2O5S. The molecule has 144 valence electrons. The standard InChI is InChI=1S/C20H18N2O5S/c21-12-15-5-4-6-16(11-15)20(24)27-13-19(23)22(17-7-2-1-3-8-17)18-9-10-28(25,26)14-18/h1-8,11,18H,9-10,13-14H2/t18-/m0/s1. The lowest BCUT2D eigenvalue weighted by Crippen LogP contribution is -2.43. The summed E-state index contributed by atoms with van der Waals surface area (Å²) in [5, 5.41) is 8.91. The summed E-state index contributed by atoms with van der Waals surface area (Å²) in [7, 11) is -3.20. The minimum Gasteiger partial charge on any atom is -0.452 e. The fourth-order valence-electron chi connectivity index (χ4n) is 3.12. The molecule has 1 atom stereocenters. The van der Waals surface area contributed by atoms with Gasteiger partial charge < -0.3 is 9.64 Å². The van der Waals surface area contributed by atoms with E-state index >= 15 is 0 Å². The molecule has 1 fully saturated rings. The summed E-state index contributed by atoms with van der Waals surface area (Å²) in [5.74, 6) is -1.32. The number of carbonyl (C=O) groups excluding carboxylic acids is 2. The number of anilines is 1. The minimum atomic E-state index is -3.20. The highest BCUT2D eigenvalue weighted by atomic mass is 32.2. The second-order valence-electron chi connectivity index (χ2n) is 6.42. The minimum absolute atomic E-state index is 0.0228. The Morgan fingerprint density at radius 2 is 1.89 bits per heavy atom. The maximum Gasteiger partial charge on any atom is 0.338 e. The van der Waals surface area contributed by atoms with E-state index in [1.54, 1.807) is 42.5 Å². The normalized spacial score (nSPS) is 17.5. The zero-order chi connectivity index (χ0) is 20.1. The van der Waals surface area contributed by atoms with Gasteiger partial charge in [-0.3, -0.25) is 4.79 Å². The molecule has 0 radical (unpaired) electrons. The van der Waals surface area contributed by atoms with Gasteiger partial charge in [-0.2, -0.15) is 5.26 Å². The molecule has 2 aromatic carbocycles. The van der Waals surface area contributed by atoms with Crippen LogP contribution in [0.3, 0.4) is 0 Å². The van der Waals surface area contributed by atoms with Crippen molar-refractivity contribution in [1.29, 1.82) is 5.26 Å². The van der Waals surface area contributed by atoms with E-state index in [2.05, 4.69) is 0 Å². The van der Waals surface area contributed by atoms with Crippen LogP contribution in [0.25, 0.3) is 0 Å². The van der Waals surface area contributed by atoms with Crippen LogP contribution in [0.2, 0.25) is 0 Å². The average molecular weight is 398 g/mol. The number of para-hydroxylation sites is 1. The molecule has 0 bridgehead atoms. The van der Waals surface area contributed by atoms with Crippen molar-refractivity contribution in [1.82, 2.24) is 0 Å². The van der Waals surface area contributed by atoms with Crippen LogP contribution in [0.1, 0.15) is 22.3 Å². The summed E-state index contributed by atoms with van der Waals surface area (Å²) < 4.78 is 28.8. The van der Waals surface area contributed by atoms with Gasteiger partial charge in [-0.05, 0) is 36.8 Å². The molecule has 8 heteroatoms. The maximum atomic E-state index is 12.8. The zero-order valence-electron chi connectivity index (χ0n) is 14.9. The van der Waals surface area contributed by atoms with Crippen LogP contribution in [0, 0.1) is 11.3 Å². The van der Waals surface area contributed by atoms with E-state index in [4.69, 9.17) is 10.00 Å². The van der Waals surface area contributed by atoms with Gasteiger partial charge in [-0.1, -0.05) is 24.3 Å². The molecule has 3 rings (SSSR count). The molecule has 0 unspecified atom stereocenters. The zero-order valence-corrected chi connectivity index (χ0v) is 15.8. The number of benzene rings is 2. The van der Waals surface area contributed by atoms with Gasteiger partial charge in [0.1, 0.15) is 0 Å². The van der Waals surface area contributed by atoms with Crippen LogP contribution in [0.5, 0.6) is 0 Å². The second-order valence-corrected chi connectivity index (χ2v) is 8.65. The molecule has 1 amide bonds. The topological polar surface area (TPSA) is 105 Å². The summed E-state index contributed by atoms with van der Waals surface area (Å²) in [5.41, 5.74) is 1.03. The Kier molecular flexibility index (Phi) is 5.76. The number of hydrogen-bond donors (Lipinski definition) is 0. The molecule has 1 aliphatic rings. The largest absolute Gasteiger partial charge is 0.452 e. The predicted molar refractivity (Wildman–Crippen MR) is 102 cm³/mol. The van der Waals surface area contributed by atoms with Crippen LogP contribution < -0.4 is 4.90 Å². The van der Waals surface area contributed by atoms with Gasteiger partial charge in [0.2, 0.25) is 0 Å². The van der Waals surface area contributed by atoms with Gasteiger partial charge in [-0.25, -0.2) is 13.2 Å². The lowest BCUT2D eigenvalue weighted by atomic mass is 10.1. The molecule has 0 spiro atoms. The number of hydrogen-bond acceptors (Lipinski definition) is 6. The van der Waals surface area contributed by atoms with E-state index in [1.807, 2.05) is 6.07 Å². The number of nitrogens with zero attached hydrogens (tertiary/aromatic N) is 2. The van der Waals surface area contributed by atoms with Crippen molar-refractivity contribution >= 4 is 27.4 Å². The van der Waals surface area contributed by atoms with E-state index in [1.165, 1.54) is 17.0 Å². The third-order valence-electron chi connectivity index (χ3n) is 4.43. The van der Waals surface area contributed by atoms with Gasteiger partial charge in [0.15, 0.2) is 16.4 Å². The molecule has 0 N–H and O–H groups in total. The number of ether oxygens (including phenoxy) is 1. The van der Waals surface area contributed by atoms with Crippen molar-refractivity contribution in [3.63, 3.8) is 0 Å². The van der Waals surface area contributed by atoms with Gasteiger partial charge in [0, 0.05) is 5.69 Å². The van der Waals surface area contributed by atoms with Gasteiger partial charge in [0.25, 0.3) is 5.91 Å². The molecule has 1 saturated heterocycles. The Hall–Kier alpha value is -3.18. The number of nitriles is 1. The van der Waals surface area contributed by atoms with Crippen LogP contribution in [-0.4, -0.2) is 44.4 Å². The van der Waals surface area contributed by atoms with E-state index in [9.17, 15) is 18.0 Å². The lowest BCUT2D eigenvalue weighted by molar-refractivity contribution is -0.122. The quantitative estimate of drug-likeness (QED) is 0.713. The van der Waals surface area contributed by atoms with Crippen molar-refractivity contribution in [2.24, 2.45) is 0 Å². The van der Waals surface area contributed by atoms with Crippen molar-refractivity contribution < 1.29 is 22.7 Å². The van der Waals surface area contributed by atoms with Crippen molar-refractivity contribution in [2.45, 2.75) is 12.5 Å². The Balaban J connectivity index is 1.75. The highest BCUT2D eigenvalue weighted by molar-refractivity contribution is 7.91. The fourth-order valence-corrected chi connectivity index (χ4v) is 4.82. The summed E-state index contributed by atoms with van der Waals surface area (Å²) >= 11 is 0. The van der Waals surface area contributed by atoms with Crippen LogP contribution in [-0.2, 0) is 19.4 Å². The maximum absolute atomic E-state index is 12.8. The second kappa shape index (κ2) is 8.23. The Morgan fingerprint density at radius 1 is 1.14 bits per heavy atom. The SMILES string of the molecule is N#Cc1cccc(C(=O)OCC(=O)N(c2ccccc2)[C@H]2CCS(=O)(=O)C2)c1. The van der Waals surface area contributed by atoms with E-state index in [-0.39, 0.29) is 17.1 Å². The first kappa shape index (κ1) is 19.6. The average Bonchev–Trinajstić information content (AvgIpc) is 3.06. The summed E-state index contributed by atoms with van der Waals surface area (Å²) in [4.78, 5) is 26.4. The molecule has 0 aromatic heterocycles. The molecule has 7 nitrogen and oxygen atoms in total. The summed E-state index contributed by atoms with van der Waals surface area (Å²) in [6.45, 7) is -0.527. The number of esters is 1. The highest BCUT2D eigenvalue weighted by Gasteiger charge is 2.35. The number of carbonyl (C=O) groups is 2. The first-order chi connectivity index (χ1) is 13.4. The van der Waals surface area contributed by atoms with Crippen LogP contribution >= 0.6 is 0 Å². The Bertz CT molecular complexity index is 1030. The smallest absolute Gasteiger partial charge is 0.338 e. The van der Waals surface area contributed by atoms with Crippen LogP contribution in [0.15, 0.2) is 54.6 Å². The lowest BCUT2D eigenvalue weighted by Gasteiger charge is -2.28. The number of amides is 1. The van der Waals surface area contributed by atoms with Crippen LogP contribution in [0.4, 0.5) is 5.69 Å². The van der Waals surface area contributed by atoms with E-state index in [0.29, 0.717) is 17.7 Å². The Morgan fingerprint density at radius 3 is 2.54 bits per heavy atom.